The van der Waals surface area contributed by atoms with E-state index in [1.165, 1.54) is 4.68 Å². The highest BCUT2D eigenvalue weighted by Crippen LogP contribution is 2.30. The third kappa shape index (κ3) is 2.46. The predicted molar refractivity (Wildman–Crippen MR) is 74.6 cm³/mol. The molecule has 0 aliphatic rings. The normalized spacial score (nSPS) is 11.0. The Morgan fingerprint density at radius 3 is 2.42 bits per heavy atom. The van der Waals surface area contributed by atoms with E-state index in [-0.39, 0.29) is 16.6 Å². The molecule has 0 unspecified atom stereocenters. The summed E-state index contributed by atoms with van der Waals surface area (Å²) in [5.74, 6) is -1.14. The fraction of sp³-hybridized carbons (Fsp3) is 0.231. The second kappa shape index (κ2) is 5.23. The SMILES string of the molecule is CC(C)c1nn(-c2ccccc2Cl)c(Cl)c1C(=O)O. The van der Waals surface area contributed by atoms with Crippen molar-refractivity contribution in [3.05, 3.63) is 45.7 Å². The Morgan fingerprint density at radius 1 is 1.32 bits per heavy atom. The van der Waals surface area contributed by atoms with Crippen LogP contribution in [0, 0.1) is 0 Å². The average molecular weight is 299 g/mol. The Balaban J connectivity index is 2.70. The number of carboxylic acids is 1. The molecule has 0 aliphatic carbocycles. The minimum Gasteiger partial charge on any atom is -0.478 e. The summed E-state index contributed by atoms with van der Waals surface area (Å²) in [4.78, 5) is 11.3. The Morgan fingerprint density at radius 2 is 1.95 bits per heavy atom. The second-order valence-corrected chi connectivity index (χ2v) is 5.14. The summed E-state index contributed by atoms with van der Waals surface area (Å²) in [7, 11) is 0. The highest BCUT2D eigenvalue weighted by molar-refractivity contribution is 6.34. The van der Waals surface area contributed by atoms with Crippen molar-refractivity contribution < 1.29 is 9.90 Å². The van der Waals surface area contributed by atoms with Crippen LogP contribution in [0.15, 0.2) is 24.3 Å². The van der Waals surface area contributed by atoms with Gasteiger partial charge in [0.15, 0.2) is 0 Å². The number of carboxylic acid groups (broad SMARTS) is 1. The Bertz CT molecular complexity index is 636. The van der Waals surface area contributed by atoms with E-state index in [9.17, 15) is 9.90 Å². The van der Waals surface area contributed by atoms with E-state index in [2.05, 4.69) is 5.10 Å². The lowest BCUT2D eigenvalue weighted by molar-refractivity contribution is 0.0695. The van der Waals surface area contributed by atoms with Gasteiger partial charge in [-0.3, -0.25) is 0 Å². The molecule has 0 bridgehead atoms. The zero-order valence-corrected chi connectivity index (χ0v) is 11.9. The number of carbonyl (C=O) groups is 1. The van der Waals surface area contributed by atoms with E-state index >= 15 is 0 Å². The van der Waals surface area contributed by atoms with Crippen molar-refractivity contribution in [2.45, 2.75) is 19.8 Å². The largest absolute Gasteiger partial charge is 0.478 e. The molecule has 0 saturated heterocycles. The highest BCUT2D eigenvalue weighted by atomic mass is 35.5. The molecule has 1 N–H and O–H groups in total. The molecule has 0 aliphatic heterocycles. The van der Waals surface area contributed by atoms with E-state index in [1.54, 1.807) is 24.3 Å². The van der Waals surface area contributed by atoms with E-state index < -0.39 is 5.97 Å². The summed E-state index contributed by atoms with van der Waals surface area (Å²) in [5.41, 5.74) is 1.03. The molecule has 0 spiro atoms. The van der Waals surface area contributed by atoms with Gasteiger partial charge < -0.3 is 5.11 Å². The summed E-state index contributed by atoms with van der Waals surface area (Å²) in [5, 5.41) is 14.1. The van der Waals surface area contributed by atoms with E-state index in [4.69, 9.17) is 23.2 Å². The van der Waals surface area contributed by atoms with Crippen molar-refractivity contribution in [3.8, 4) is 5.69 Å². The third-order valence-corrected chi connectivity index (χ3v) is 3.37. The smallest absolute Gasteiger partial charge is 0.340 e. The van der Waals surface area contributed by atoms with E-state index in [0.717, 1.165) is 0 Å². The number of hydrogen-bond donors (Lipinski definition) is 1. The molecular formula is C13H12Cl2N2O2. The Kier molecular flexibility index (Phi) is 3.83. The van der Waals surface area contributed by atoms with Gasteiger partial charge in [0.05, 0.1) is 16.4 Å². The predicted octanol–water partition coefficient (Wildman–Crippen LogP) is 4.00. The molecule has 1 aromatic carbocycles. The molecule has 0 atom stereocenters. The van der Waals surface area contributed by atoms with Gasteiger partial charge in [-0.1, -0.05) is 49.2 Å². The van der Waals surface area contributed by atoms with Gasteiger partial charge in [0.2, 0.25) is 0 Å². The molecule has 0 saturated carbocycles. The van der Waals surface area contributed by atoms with Crippen LogP contribution in [0.4, 0.5) is 0 Å². The molecule has 2 aromatic rings. The van der Waals surface area contributed by atoms with Gasteiger partial charge >= 0.3 is 5.97 Å². The van der Waals surface area contributed by atoms with Crippen LogP contribution in [-0.4, -0.2) is 20.9 Å². The van der Waals surface area contributed by atoms with E-state index in [0.29, 0.717) is 16.4 Å². The molecule has 2 rings (SSSR count). The summed E-state index contributed by atoms with van der Waals surface area (Å²) in [6, 6.07) is 7.00. The van der Waals surface area contributed by atoms with Gasteiger partial charge in [0.1, 0.15) is 10.7 Å². The number of benzene rings is 1. The zero-order valence-electron chi connectivity index (χ0n) is 10.4. The quantitative estimate of drug-likeness (QED) is 0.932. The maximum Gasteiger partial charge on any atom is 0.340 e. The molecule has 0 radical (unpaired) electrons. The molecule has 0 fully saturated rings. The van der Waals surface area contributed by atoms with Crippen LogP contribution in [0.1, 0.15) is 35.8 Å². The maximum absolute atomic E-state index is 11.3. The first kappa shape index (κ1) is 13.9. The fourth-order valence-electron chi connectivity index (χ4n) is 1.80. The lowest BCUT2D eigenvalue weighted by atomic mass is 10.1. The molecule has 1 heterocycles. The number of halogens is 2. The first-order valence-corrected chi connectivity index (χ1v) is 6.45. The van der Waals surface area contributed by atoms with Crippen LogP contribution in [0.2, 0.25) is 10.2 Å². The first-order chi connectivity index (χ1) is 8.93. The van der Waals surface area contributed by atoms with Crippen molar-refractivity contribution in [2.75, 3.05) is 0 Å². The minimum absolute atomic E-state index is 0.0246. The van der Waals surface area contributed by atoms with Crippen molar-refractivity contribution in [3.63, 3.8) is 0 Å². The Labute approximate surface area is 120 Å². The van der Waals surface area contributed by atoms with Gasteiger partial charge in [-0.2, -0.15) is 5.10 Å². The van der Waals surface area contributed by atoms with Crippen molar-refractivity contribution in [1.29, 1.82) is 0 Å². The minimum atomic E-state index is -1.09. The number of rotatable bonds is 3. The zero-order chi connectivity index (χ0) is 14.2. The number of nitrogens with zero attached hydrogens (tertiary/aromatic N) is 2. The monoisotopic (exact) mass is 298 g/mol. The Hall–Kier alpha value is -1.52. The molecule has 19 heavy (non-hydrogen) atoms. The van der Waals surface area contributed by atoms with Crippen LogP contribution in [0.25, 0.3) is 5.69 Å². The number of aromatic carboxylic acids is 1. The van der Waals surface area contributed by atoms with Gasteiger partial charge in [-0.25, -0.2) is 9.48 Å². The van der Waals surface area contributed by atoms with Crippen molar-refractivity contribution in [2.24, 2.45) is 0 Å². The molecule has 0 amide bonds. The lowest BCUT2D eigenvalue weighted by Gasteiger charge is -2.05. The highest BCUT2D eigenvalue weighted by Gasteiger charge is 2.25. The van der Waals surface area contributed by atoms with Crippen LogP contribution in [0.3, 0.4) is 0 Å². The molecular weight excluding hydrogens is 287 g/mol. The lowest BCUT2D eigenvalue weighted by Crippen LogP contribution is -2.01. The summed E-state index contributed by atoms with van der Waals surface area (Å²) >= 11 is 12.2. The van der Waals surface area contributed by atoms with Crippen LogP contribution in [-0.2, 0) is 0 Å². The third-order valence-electron chi connectivity index (χ3n) is 2.70. The van der Waals surface area contributed by atoms with Crippen LogP contribution >= 0.6 is 23.2 Å². The molecule has 100 valence electrons. The molecule has 6 heteroatoms. The van der Waals surface area contributed by atoms with Crippen LogP contribution in [0.5, 0.6) is 0 Å². The summed E-state index contributed by atoms with van der Waals surface area (Å²) in [6.07, 6.45) is 0. The second-order valence-electron chi connectivity index (χ2n) is 4.37. The van der Waals surface area contributed by atoms with E-state index in [1.807, 2.05) is 13.8 Å². The summed E-state index contributed by atoms with van der Waals surface area (Å²) < 4.78 is 1.36. The van der Waals surface area contributed by atoms with Gasteiger partial charge in [-0.15, -0.1) is 0 Å². The number of aromatic nitrogens is 2. The maximum atomic E-state index is 11.3. The standard InChI is InChI=1S/C13H12Cl2N2O2/c1-7(2)11-10(13(18)19)12(15)17(16-11)9-6-4-3-5-8(9)14/h3-7H,1-2H3,(H,18,19). The van der Waals surface area contributed by atoms with Crippen molar-refractivity contribution >= 4 is 29.2 Å². The number of hydrogen-bond acceptors (Lipinski definition) is 2. The summed E-state index contributed by atoms with van der Waals surface area (Å²) in [6.45, 7) is 3.73. The molecule has 1 aromatic heterocycles. The van der Waals surface area contributed by atoms with Gasteiger partial charge in [0, 0.05) is 0 Å². The van der Waals surface area contributed by atoms with Crippen molar-refractivity contribution in [1.82, 2.24) is 9.78 Å². The van der Waals surface area contributed by atoms with Gasteiger partial charge in [-0.05, 0) is 18.1 Å². The fourth-order valence-corrected chi connectivity index (χ4v) is 2.32. The number of para-hydroxylation sites is 1. The topological polar surface area (TPSA) is 55.1 Å². The molecule has 4 nitrogen and oxygen atoms in total. The first-order valence-electron chi connectivity index (χ1n) is 5.70. The van der Waals surface area contributed by atoms with Gasteiger partial charge in [0.25, 0.3) is 0 Å². The average Bonchev–Trinajstić information content (AvgIpc) is 2.68. The van der Waals surface area contributed by atoms with Crippen LogP contribution < -0.4 is 0 Å².